The number of rotatable bonds is 2. The molecule has 1 saturated carbocycles. The summed E-state index contributed by atoms with van der Waals surface area (Å²) in [5, 5.41) is 0. The van der Waals surface area contributed by atoms with E-state index >= 15 is 0 Å². The normalized spacial score (nSPS) is 39.6. The van der Waals surface area contributed by atoms with Gasteiger partial charge in [-0.05, 0) is 31.6 Å². The van der Waals surface area contributed by atoms with E-state index in [1.165, 1.54) is 0 Å². The standard InChI is InChI=1S/C12H21NO3/c1-9-2-4-10(5-3-9)16-11(14)12(13)6-7-15-8-12/h9-10H,2-8,13H2,1H3. The summed E-state index contributed by atoms with van der Waals surface area (Å²) in [6.07, 6.45) is 4.89. The van der Waals surface area contributed by atoms with Gasteiger partial charge in [-0.2, -0.15) is 0 Å². The highest BCUT2D eigenvalue weighted by Gasteiger charge is 2.41. The molecule has 1 aliphatic heterocycles. The van der Waals surface area contributed by atoms with Gasteiger partial charge in [-0.15, -0.1) is 0 Å². The average Bonchev–Trinajstić information content (AvgIpc) is 2.70. The van der Waals surface area contributed by atoms with E-state index in [1.807, 2.05) is 0 Å². The molecule has 1 aliphatic carbocycles. The first-order chi connectivity index (χ1) is 7.60. The Hall–Kier alpha value is -0.610. The fraction of sp³-hybridized carbons (Fsp3) is 0.917. The van der Waals surface area contributed by atoms with E-state index in [4.69, 9.17) is 15.2 Å². The summed E-state index contributed by atoms with van der Waals surface area (Å²) in [5.74, 6) is 0.487. The van der Waals surface area contributed by atoms with Crippen molar-refractivity contribution in [2.75, 3.05) is 13.2 Å². The summed E-state index contributed by atoms with van der Waals surface area (Å²) < 4.78 is 10.6. The van der Waals surface area contributed by atoms with Gasteiger partial charge in [0, 0.05) is 13.0 Å². The van der Waals surface area contributed by atoms with Crippen LogP contribution in [0.5, 0.6) is 0 Å². The lowest BCUT2D eigenvalue weighted by atomic mass is 9.88. The Morgan fingerprint density at radius 2 is 2.06 bits per heavy atom. The second-order valence-corrected chi connectivity index (χ2v) is 5.25. The summed E-state index contributed by atoms with van der Waals surface area (Å²) in [6, 6.07) is 0. The Labute approximate surface area is 96.5 Å². The molecule has 1 heterocycles. The molecular formula is C12H21NO3. The number of carbonyl (C=O) groups excluding carboxylic acids is 1. The van der Waals surface area contributed by atoms with Gasteiger partial charge in [0.1, 0.15) is 11.6 Å². The minimum absolute atomic E-state index is 0.0738. The minimum Gasteiger partial charge on any atom is -0.461 e. The molecule has 2 N–H and O–H groups in total. The van der Waals surface area contributed by atoms with Crippen LogP contribution in [-0.2, 0) is 14.3 Å². The van der Waals surface area contributed by atoms with Crippen LogP contribution >= 0.6 is 0 Å². The third-order valence-corrected chi connectivity index (χ3v) is 3.70. The van der Waals surface area contributed by atoms with Crippen LogP contribution in [0.15, 0.2) is 0 Å². The zero-order valence-electron chi connectivity index (χ0n) is 9.91. The van der Waals surface area contributed by atoms with Gasteiger partial charge in [0.15, 0.2) is 0 Å². The molecule has 2 rings (SSSR count). The zero-order chi connectivity index (χ0) is 11.6. The summed E-state index contributed by atoms with van der Waals surface area (Å²) in [5.41, 5.74) is 5.06. The van der Waals surface area contributed by atoms with Crippen molar-refractivity contribution in [3.8, 4) is 0 Å². The second-order valence-electron chi connectivity index (χ2n) is 5.25. The molecule has 2 aliphatic rings. The van der Waals surface area contributed by atoms with Gasteiger partial charge in [0.25, 0.3) is 0 Å². The Balaban J connectivity index is 1.83. The number of nitrogens with two attached hydrogens (primary N) is 1. The van der Waals surface area contributed by atoms with Crippen molar-refractivity contribution < 1.29 is 14.3 Å². The number of hydrogen-bond donors (Lipinski definition) is 1. The first-order valence-corrected chi connectivity index (χ1v) is 6.18. The molecule has 0 spiro atoms. The van der Waals surface area contributed by atoms with Gasteiger partial charge >= 0.3 is 5.97 Å². The summed E-state index contributed by atoms with van der Waals surface area (Å²) in [4.78, 5) is 11.9. The number of ether oxygens (including phenoxy) is 2. The van der Waals surface area contributed by atoms with Gasteiger partial charge in [-0.25, -0.2) is 4.79 Å². The molecule has 0 amide bonds. The Morgan fingerprint density at radius 1 is 1.38 bits per heavy atom. The Bertz CT molecular complexity index is 253. The van der Waals surface area contributed by atoms with Crippen LogP contribution in [0.1, 0.15) is 39.0 Å². The Morgan fingerprint density at radius 3 is 2.62 bits per heavy atom. The lowest BCUT2D eigenvalue weighted by molar-refractivity contribution is -0.157. The SMILES string of the molecule is CC1CCC(OC(=O)C2(N)CCOC2)CC1. The monoisotopic (exact) mass is 227 g/mol. The predicted molar refractivity (Wildman–Crippen MR) is 59.9 cm³/mol. The molecule has 0 radical (unpaired) electrons. The number of carbonyl (C=O) groups is 1. The lowest BCUT2D eigenvalue weighted by Gasteiger charge is -2.29. The first kappa shape index (κ1) is 11.9. The van der Waals surface area contributed by atoms with Gasteiger partial charge in [-0.3, -0.25) is 0 Å². The quantitative estimate of drug-likeness (QED) is 0.721. The fourth-order valence-electron chi connectivity index (χ4n) is 2.36. The molecular weight excluding hydrogens is 206 g/mol. The topological polar surface area (TPSA) is 61.5 Å². The molecule has 1 saturated heterocycles. The first-order valence-electron chi connectivity index (χ1n) is 6.18. The van der Waals surface area contributed by atoms with Crippen LogP contribution in [0.4, 0.5) is 0 Å². The maximum atomic E-state index is 11.9. The van der Waals surface area contributed by atoms with Crippen LogP contribution in [0.2, 0.25) is 0 Å². The molecule has 0 aromatic heterocycles. The third kappa shape index (κ3) is 2.55. The van der Waals surface area contributed by atoms with Crippen molar-refractivity contribution in [2.45, 2.75) is 50.7 Å². The van der Waals surface area contributed by atoms with E-state index in [0.717, 1.165) is 31.6 Å². The zero-order valence-corrected chi connectivity index (χ0v) is 9.91. The highest BCUT2D eigenvalue weighted by Crippen LogP contribution is 2.27. The fourth-order valence-corrected chi connectivity index (χ4v) is 2.36. The van der Waals surface area contributed by atoms with E-state index in [1.54, 1.807) is 0 Å². The van der Waals surface area contributed by atoms with E-state index in [9.17, 15) is 4.79 Å². The summed E-state index contributed by atoms with van der Waals surface area (Å²) in [7, 11) is 0. The second kappa shape index (κ2) is 4.72. The van der Waals surface area contributed by atoms with Gasteiger partial charge in [0.05, 0.1) is 6.61 Å². The highest BCUT2D eigenvalue weighted by atomic mass is 16.6. The molecule has 1 atom stereocenters. The Kier molecular flexibility index (Phi) is 3.50. The van der Waals surface area contributed by atoms with Crippen LogP contribution in [0.3, 0.4) is 0 Å². The van der Waals surface area contributed by atoms with E-state index in [0.29, 0.717) is 19.6 Å². The molecule has 0 aromatic rings. The van der Waals surface area contributed by atoms with Crippen molar-refractivity contribution in [3.63, 3.8) is 0 Å². The molecule has 0 aromatic carbocycles. The maximum absolute atomic E-state index is 11.9. The van der Waals surface area contributed by atoms with Crippen molar-refractivity contribution in [2.24, 2.45) is 11.7 Å². The van der Waals surface area contributed by atoms with Crippen molar-refractivity contribution in [1.29, 1.82) is 0 Å². The minimum atomic E-state index is -0.886. The van der Waals surface area contributed by atoms with E-state index in [-0.39, 0.29) is 12.1 Å². The van der Waals surface area contributed by atoms with Crippen LogP contribution in [-0.4, -0.2) is 30.8 Å². The van der Waals surface area contributed by atoms with Crippen molar-refractivity contribution >= 4 is 5.97 Å². The van der Waals surface area contributed by atoms with Gasteiger partial charge in [-0.1, -0.05) is 6.92 Å². The number of esters is 1. The molecule has 4 heteroatoms. The maximum Gasteiger partial charge on any atom is 0.328 e. The molecule has 1 unspecified atom stereocenters. The van der Waals surface area contributed by atoms with E-state index < -0.39 is 5.54 Å². The van der Waals surface area contributed by atoms with Crippen molar-refractivity contribution in [1.82, 2.24) is 0 Å². The molecule has 0 bridgehead atoms. The smallest absolute Gasteiger partial charge is 0.328 e. The highest BCUT2D eigenvalue weighted by molar-refractivity contribution is 5.81. The summed E-state index contributed by atoms with van der Waals surface area (Å²) >= 11 is 0. The lowest BCUT2D eigenvalue weighted by Crippen LogP contribution is -2.50. The van der Waals surface area contributed by atoms with E-state index in [2.05, 4.69) is 6.92 Å². The predicted octanol–water partition coefficient (Wildman–Crippen LogP) is 1.23. The average molecular weight is 227 g/mol. The molecule has 2 fully saturated rings. The van der Waals surface area contributed by atoms with Gasteiger partial charge < -0.3 is 15.2 Å². The van der Waals surface area contributed by atoms with Crippen LogP contribution < -0.4 is 5.73 Å². The molecule has 4 nitrogen and oxygen atoms in total. The molecule has 16 heavy (non-hydrogen) atoms. The third-order valence-electron chi connectivity index (χ3n) is 3.70. The summed E-state index contributed by atoms with van der Waals surface area (Å²) in [6.45, 7) is 3.11. The van der Waals surface area contributed by atoms with Crippen LogP contribution in [0, 0.1) is 5.92 Å². The number of hydrogen-bond acceptors (Lipinski definition) is 4. The van der Waals surface area contributed by atoms with Crippen molar-refractivity contribution in [3.05, 3.63) is 0 Å². The van der Waals surface area contributed by atoms with Gasteiger partial charge in [0.2, 0.25) is 0 Å². The van der Waals surface area contributed by atoms with Crippen LogP contribution in [0.25, 0.3) is 0 Å². The molecule has 92 valence electrons. The largest absolute Gasteiger partial charge is 0.461 e.